The van der Waals surface area contributed by atoms with Crippen LogP contribution in [0.4, 0.5) is 0 Å². The van der Waals surface area contributed by atoms with Crippen molar-refractivity contribution in [3.63, 3.8) is 0 Å². The quantitative estimate of drug-likeness (QED) is 0.915. The summed E-state index contributed by atoms with van der Waals surface area (Å²) < 4.78 is 0.746. The molecule has 92 valence electrons. The standard InChI is InChI=1S/C15H14BrNO/c16-14-6-5-11(7-15(14)18)8-17-9-12-3-1-2-4-13(12)10-17/h1-7,18H,8-10H2. The average Bonchev–Trinajstić information content (AvgIpc) is 2.76. The summed E-state index contributed by atoms with van der Waals surface area (Å²) in [5, 5.41) is 9.68. The zero-order valence-electron chi connectivity index (χ0n) is 9.94. The van der Waals surface area contributed by atoms with Crippen molar-refractivity contribution in [2.75, 3.05) is 0 Å². The fourth-order valence-electron chi connectivity index (χ4n) is 2.43. The predicted molar refractivity (Wildman–Crippen MR) is 75.2 cm³/mol. The summed E-state index contributed by atoms with van der Waals surface area (Å²) in [6, 6.07) is 14.3. The molecule has 2 nitrogen and oxygen atoms in total. The van der Waals surface area contributed by atoms with Crippen molar-refractivity contribution < 1.29 is 5.11 Å². The Bertz CT molecular complexity index is 557. The largest absolute Gasteiger partial charge is 0.507 e. The van der Waals surface area contributed by atoms with E-state index < -0.39 is 0 Å². The van der Waals surface area contributed by atoms with E-state index in [2.05, 4.69) is 45.1 Å². The first-order valence-electron chi connectivity index (χ1n) is 5.99. The number of benzene rings is 2. The van der Waals surface area contributed by atoms with Gasteiger partial charge in [-0.25, -0.2) is 0 Å². The van der Waals surface area contributed by atoms with Gasteiger partial charge in [0.1, 0.15) is 5.75 Å². The molecule has 0 aliphatic carbocycles. The van der Waals surface area contributed by atoms with Crippen LogP contribution in [0.25, 0.3) is 0 Å². The number of phenolic OH excluding ortho intramolecular Hbond substituents is 1. The van der Waals surface area contributed by atoms with E-state index in [4.69, 9.17) is 0 Å². The number of hydrogen-bond donors (Lipinski definition) is 1. The van der Waals surface area contributed by atoms with Crippen LogP contribution in [0.2, 0.25) is 0 Å². The predicted octanol–water partition coefficient (Wildman–Crippen LogP) is 3.67. The lowest BCUT2D eigenvalue weighted by Gasteiger charge is -2.15. The SMILES string of the molecule is Oc1cc(CN2Cc3ccccc3C2)ccc1Br. The molecule has 1 N–H and O–H groups in total. The number of rotatable bonds is 2. The van der Waals surface area contributed by atoms with Crippen molar-refractivity contribution in [2.24, 2.45) is 0 Å². The van der Waals surface area contributed by atoms with E-state index in [1.54, 1.807) is 0 Å². The molecule has 0 saturated heterocycles. The maximum atomic E-state index is 9.68. The minimum absolute atomic E-state index is 0.309. The highest BCUT2D eigenvalue weighted by Gasteiger charge is 2.18. The van der Waals surface area contributed by atoms with Crippen molar-refractivity contribution in [1.82, 2.24) is 4.90 Å². The van der Waals surface area contributed by atoms with E-state index in [0.717, 1.165) is 29.7 Å². The van der Waals surface area contributed by atoms with Crippen molar-refractivity contribution in [1.29, 1.82) is 0 Å². The summed E-state index contributed by atoms with van der Waals surface area (Å²) in [5.74, 6) is 0.309. The Morgan fingerprint density at radius 3 is 2.33 bits per heavy atom. The molecular weight excluding hydrogens is 290 g/mol. The van der Waals surface area contributed by atoms with Crippen LogP contribution >= 0.6 is 15.9 Å². The van der Waals surface area contributed by atoms with Crippen molar-refractivity contribution in [2.45, 2.75) is 19.6 Å². The molecule has 0 fully saturated rings. The highest BCUT2D eigenvalue weighted by molar-refractivity contribution is 9.10. The Morgan fingerprint density at radius 2 is 1.72 bits per heavy atom. The van der Waals surface area contributed by atoms with Gasteiger partial charge in [-0.05, 0) is 44.8 Å². The second kappa shape index (κ2) is 4.75. The van der Waals surface area contributed by atoms with Gasteiger partial charge in [0.05, 0.1) is 4.47 Å². The molecule has 18 heavy (non-hydrogen) atoms. The van der Waals surface area contributed by atoms with Gasteiger partial charge in [0, 0.05) is 19.6 Å². The molecule has 2 aromatic rings. The normalized spacial score (nSPS) is 14.7. The van der Waals surface area contributed by atoms with Gasteiger partial charge in [0.15, 0.2) is 0 Å². The van der Waals surface area contributed by atoms with Crippen LogP contribution in [0.15, 0.2) is 46.9 Å². The van der Waals surface area contributed by atoms with Gasteiger partial charge < -0.3 is 5.11 Å². The first-order chi connectivity index (χ1) is 8.72. The van der Waals surface area contributed by atoms with Crippen molar-refractivity contribution in [3.8, 4) is 5.75 Å². The molecule has 0 aromatic heterocycles. The van der Waals surface area contributed by atoms with Gasteiger partial charge >= 0.3 is 0 Å². The molecule has 0 radical (unpaired) electrons. The highest BCUT2D eigenvalue weighted by Crippen LogP contribution is 2.27. The zero-order valence-corrected chi connectivity index (χ0v) is 11.5. The maximum absolute atomic E-state index is 9.68. The molecule has 0 saturated carbocycles. The lowest BCUT2D eigenvalue weighted by molar-refractivity contribution is 0.275. The number of halogens is 1. The van der Waals surface area contributed by atoms with Gasteiger partial charge in [-0.2, -0.15) is 0 Å². The summed E-state index contributed by atoms with van der Waals surface area (Å²) in [6.45, 7) is 2.86. The zero-order chi connectivity index (χ0) is 12.5. The Hall–Kier alpha value is -1.32. The van der Waals surface area contributed by atoms with Crippen LogP contribution in [0.5, 0.6) is 5.75 Å². The fraction of sp³-hybridized carbons (Fsp3) is 0.200. The minimum atomic E-state index is 0.309. The van der Waals surface area contributed by atoms with Crippen LogP contribution < -0.4 is 0 Å². The molecule has 0 atom stereocenters. The second-order valence-corrected chi connectivity index (χ2v) is 5.55. The number of fused-ring (bicyclic) bond motifs is 1. The molecule has 1 aliphatic rings. The third-order valence-electron chi connectivity index (χ3n) is 3.32. The third kappa shape index (κ3) is 2.28. The van der Waals surface area contributed by atoms with Crippen molar-refractivity contribution >= 4 is 15.9 Å². The summed E-state index contributed by atoms with van der Waals surface area (Å²) in [7, 11) is 0. The third-order valence-corrected chi connectivity index (χ3v) is 3.99. The topological polar surface area (TPSA) is 23.5 Å². The molecule has 1 aliphatic heterocycles. The van der Waals surface area contributed by atoms with E-state index in [-0.39, 0.29) is 0 Å². The molecule has 0 unspecified atom stereocenters. The Morgan fingerprint density at radius 1 is 1.06 bits per heavy atom. The first kappa shape index (κ1) is 11.8. The summed E-state index contributed by atoms with van der Waals surface area (Å²) >= 11 is 3.30. The first-order valence-corrected chi connectivity index (χ1v) is 6.78. The van der Waals surface area contributed by atoms with Crippen molar-refractivity contribution in [3.05, 3.63) is 63.6 Å². The number of aromatic hydroxyl groups is 1. The highest BCUT2D eigenvalue weighted by atomic mass is 79.9. The van der Waals surface area contributed by atoms with E-state index in [1.807, 2.05) is 18.2 Å². The summed E-state index contributed by atoms with van der Waals surface area (Å²) in [6.07, 6.45) is 0. The van der Waals surface area contributed by atoms with Crippen LogP contribution in [-0.4, -0.2) is 10.0 Å². The summed E-state index contributed by atoms with van der Waals surface area (Å²) in [5.41, 5.74) is 3.97. The van der Waals surface area contributed by atoms with Gasteiger partial charge in [-0.15, -0.1) is 0 Å². The van der Waals surface area contributed by atoms with E-state index in [9.17, 15) is 5.11 Å². The molecular formula is C15H14BrNO. The Labute approximate surface area is 115 Å². The molecule has 0 spiro atoms. The molecule has 3 rings (SSSR count). The lowest BCUT2D eigenvalue weighted by atomic mass is 10.1. The lowest BCUT2D eigenvalue weighted by Crippen LogP contribution is -2.15. The molecule has 0 amide bonds. The number of nitrogens with zero attached hydrogens (tertiary/aromatic N) is 1. The average molecular weight is 304 g/mol. The minimum Gasteiger partial charge on any atom is -0.507 e. The van der Waals surface area contributed by atoms with E-state index in [1.165, 1.54) is 11.1 Å². The monoisotopic (exact) mass is 303 g/mol. The number of phenols is 1. The van der Waals surface area contributed by atoms with Crippen LogP contribution in [-0.2, 0) is 19.6 Å². The van der Waals surface area contributed by atoms with Gasteiger partial charge in [0.25, 0.3) is 0 Å². The van der Waals surface area contributed by atoms with Gasteiger partial charge in [-0.3, -0.25) is 4.90 Å². The Balaban J connectivity index is 1.74. The molecule has 2 aromatic carbocycles. The van der Waals surface area contributed by atoms with Crippen LogP contribution in [0, 0.1) is 0 Å². The van der Waals surface area contributed by atoms with E-state index >= 15 is 0 Å². The Kier molecular flexibility index (Phi) is 3.10. The maximum Gasteiger partial charge on any atom is 0.130 e. The fourth-order valence-corrected chi connectivity index (χ4v) is 2.68. The van der Waals surface area contributed by atoms with Gasteiger partial charge in [-0.1, -0.05) is 30.3 Å². The summed E-state index contributed by atoms with van der Waals surface area (Å²) in [4.78, 5) is 2.38. The van der Waals surface area contributed by atoms with E-state index in [0.29, 0.717) is 5.75 Å². The van der Waals surface area contributed by atoms with Crippen LogP contribution in [0.1, 0.15) is 16.7 Å². The second-order valence-electron chi connectivity index (χ2n) is 4.70. The molecule has 3 heteroatoms. The van der Waals surface area contributed by atoms with Gasteiger partial charge in [0.2, 0.25) is 0 Å². The molecule has 1 heterocycles. The number of hydrogen-bond acceptors (Lipinski definition) is 2. The van der Waals surface area contributed by atoms with Crippen LogP contribution in [0.3, 0.4) is 0 Å². The smallest absolute Gasteiger partial charge is 0.130 e. The molecule has 0 bridgehead atoms.